The van der Waals surface area contributed by atoms with Gasteiger partial charge in [0.2, 0.25) is 0 Å². The smallest absolute Gasteiger partial charge is 0.119 e. The number of rotatable bonds is 7. The molecule has 0 saturated heterocycles. The Kier molecular flexibility index (Phi) is 3.99. The molecule has 2 aliphatic carbocycles. The normalized spacial score (nSPS) is 22.1. The van der Waals surface area contributed by atoms with Gasteiger partial charge in [-0.3, -0.25) is 0 Å². The summed E-state index contributed by atoms with van der Waals surface area (Å²) in [4.78, 5) is 0. The van der Waals surface area contributed by atoms with Crippen molar-refractivity contribution < 1.29 is 9.47 Å². The van der Waals surface area contributed by atoms with Gasteiger partial charge in [-0.1, -0.05) is 12.1 Å². The van der Waals surface area contributed by atoms with Crippen LogP contribution in [0.2, 0.25) is 0 Å². The van der Waals surface area contributed by atoms with Crippen molar-refractivity contribution >= 4 is 0 Å². The van der Waals surface area contributed by atoms with Gasteiger partial charge in [0.1, 0.15) is 5.75 Å². The van der Waals surface area contributed by atoms with Crippen molar-refractivity contribution in [2.45, 2.75) is 56.3 Å². The lowest BCUT2D eigenvalue weighted by Crippen LogP contribution is -2.42. The van der Waals surface area contributed by atoms with Crippen LogP contribution in [0.25, 0.3) is 0 Å². The second-order valence-corrected chi connectivity index (χ2v) is 6.17. The maximum absolute atomic E-state index is 5.80. The highest BCUT2D eigenvalue weighted by Crippen LogP contribution is 2.42. The number of hydrogen-bond donors (Lipinski definition) is 1. The Balaban J connectivity index is 1.65. The van der Waals surface area contributed by atoms with Crippen molar-refractivity contribution in [2.75, 3.05) is 14.2 Å². The molecular formula is C17H25NO2. The van der Waals surface area contributed by atoms with Crippen molar-refractivity contribution in [3.8, 4) is 5.75 Å². The van der Waals surface area contributed by atoms with E-state index < -0.39 is 0 Å². The SMILES string of the molecule is CNC(CC1(OC)CCC1)c1ccc(OC2CC2)cc1. The van der Waals surface area contributed by atoms with E-state index in [-0.39, 0.29) is 5.60 Å². The Morgan fingerprint density at radius 1 is 1.25 bits per heavy atom. The van der Waals surface area contributed by atoms with Crippen LogP contribution in [0.4, 0.5) is 0 Å². The highest BCUT2D eigenvalue weighted by Gasteiger charge is 2.39. The van der Waals surface area contributed by atoms with Crippen LogP contribution in [0.3, 0.4) is 0 Å². The second-order valence-electron chi connectivity index (χ2n) is 6.17. The first-order valence-corrected chi connectivity index (χ1v) is 7.74. The summed E-state index contributed by atoms with van der Waals surface area (Å²) in [5.74, 6) is 0.996. The summed E-state index contributed by atoms with van der Waals surface area (Å²) in [5.41, 5.74) is 1.41. The van der Waals surface area contributed by atoms with E-state index in [9.17, 15) is 0 Å². The third-order valence-corrected chi connectivity index (χ3v) is 4.73. The zero-order valence-corrected chi connectivity index (χ0v) is 12.5. The van der Waals surface area contributed by atoms with Crippen LogP contribution >= 0.6 is 0 Å². The molecular weight excluding hydrogens is 250 g/mol. The Labute approximate surface area is 121 Å². The molecule has 3 rings (SSSR count). The van der Waals surface area contributed by atoms with Crippen LogP contribution in [0, 0.1) is 0 Å². The minimum absolute atomic E-state index is 0.0941. The molecule has 2 aliphatic rings. The van der Waals surface area contributed by atoms with Gasteiger partial charge in [-0.25, -0.2) is 0 Å². The van der Waals surface area contributed by atoms with E-state index in [0.29, 0.717) is 12.1 Å². The average molecular weight is 275 g/mol. The van der Waals surface area contributed by atoms with Gasteiger partial charge >= 0.3 is 0 Å². The first-order valence-electron chi connectivity index (χ1n) is 7.74. The van der Waals surface area contributed by atoms with Gasteiger partial charge < -0.3 is 14.8 Å². The fraction of sp³-hybridized carbons (Fsp3) is 0.647. The monoisotopic (exact) mass is 275 g/mol. The van der Waals surface area contributed by atoms with Crippen LogP contribution < -0.4 is 10.1 Å². The number of hydrogen-bond acceptors (Lipinski definition) is 3. The van der Waals surface area contributed by atoms with Crippen molar-refractivity contribution in [1.82, 2.24) is 5.32 Å². The van der Waals surface area contributed by atoms with E-state index >= 15 is 0 Å². The first-order chi connectivity index (χ1) is 9.74. The molecule has 1 N–H and O–H groups in total. The predicted octanol–water partition coefficient (Wildman–Crippen LogP) is 3.45. The molecule has 0 heterocycles. The topological polar surface area (TPSA) is 30.5 Å². The third-order valence-electron chi connectivity index (χ3n) is 4.73. The number of benzene rings is 1. The van der Waals surface area contributed by atoms with E-state index in [0.717, 1.165) is 12.2 Å². The highest BCUT2D eigenvalue weighted by atomic mass is 16.5. The Morgan fingerprint density at radius 3 is 2.40 bits per heavy atom. The summed E-state index contributed by atoms with van der Waals surface area (Å²) in [6.07, 6.45) is 7.58. The molecule has 0 amide bonds. The van der Waals surface area contributed by atoms with Crippen LogP contribution in [-0.2, 0) is 4.74 Å². The molecule has 110 valence electrons. The summed E-state index contributed by atoms with van der Waals surface area (Å²) in [6.45, 7) is 0. The molecule has 0 spiro atoms. The summed E-state index contributed by atoms with van der Waals surface area (Å²) in [7, 11) is 3.87. The Bertz CT molecular complexity index is 429. The second kappa shape index (κ2) is 5.74. The van der Waals surface area contributed by atoms with Gasteiger partial charge in [0.15, 0.2) is 0 Å². The van der Waals surface area contributed by atoms with Gasteiger partial charge in [0.25, 0.3) is 0 Å². The van der Waals surface area contributed by atoms with Gasteiger partial charge in [-0.05, 0) is 63.3 Å². The molecule has 1 unspecified atom stereocenters. The zero-order chi connectivity index (χ0) is 14.0. The van der Waals surface area contributed by atoms with Crippen LogP contribution in [0.15, 0.2) is 24.3 Å². The molecule has 1 aromatic carbocycles. The first kappa shape index (κ1) is 13.9. The number of methoxy groups -OCH3 is 1. The van der Waals surface area contributed by atoms with E-state index in [2.05, 4.69) is 29.6 Å². The van der Waals surface area contributed by atoms with Crippen molar-refractivity contribution in [2.24, 2.45) is 0 Å². The molecule has 0 aromatic heterocycles. The van der Waals surface area contributed by atoms with Gasteiger partial charge in [-0.2, -0.15) is 0 Å². The summed E-state index contributed by atoms with van der Waals surface area (Å²) in [6, 6.07) is 8.91. The van der Waals surface area contributed by atoms with Gasteiger partial charge in [0.05, 0.1) is 11.7 Å². The van der Waals surface area contributed by atoms with Crippen molar-refractivity contribution in [1.29, 1.82) is 0 Å². The zero-order valence-electron chi connectivity index (χ0n) is 12.5. The lowest BCUT2D eigenvalue weighted by Gasteiger charge is -2.43. The minimum Gasteiger partial charge on any atom is -0.490 e. The molecule has 0 aliphatic heterocycles. The molecule has 2 fully saturated rings. The van der Waals surface area contributed by atoms with Crippen molar-refractivity contribution in [3.05, 3.63) is 29.8 Å². The molecule has 20 heavy (non-hydrogen) atoms. The van der Waals surface area contributed by atoms with E-state index in [1.54, 1.807) is 0 Å². The van der Waals surface area contributed by atoms with Gasteiger partial charge in [0, 0.05) is 13.2 Å². The summed E-state index contributed by atoms with van der Waals surface area (Å²) >= 11 is 0. The fourth-order valence-corrected chi connectivity index (χ4v) is 2.98. The lowest BCUT2D eigenvalue weighted by molar-refractivity contribution is -0.0834. The molecule has 0 bridgehead atoms. The standard InChI is InChI=1S/C17H25NO2/c1-18-16(12-17(19-2)10-3-11-17)13-4-6-14(7-5-13)20-15-8-9-15/h4-7,15-16,18H,3,8-12H2,1-2H3. The molecule has 1 atom stereocenters. The van der Waals surface area contributed by atoms with E-state index in [1.807, 2.05) is 14.2 Å². The molecule has 2 saturated carbocycles. The van der Waals surface area contributed by atoms with E-state index in [4.69, 9.17) is 9.47 Å². The van der Waals surface area contributed by atoms with E-state index in [1.165, 1.54) is 37.7 Å². The minimum atomic E-state index is 0.0941. The predicted molar refractivity (Wildman–Crippen MR) is 80.1 cm³/mol. The quantitative estimate of drug-likeness (QED) is 0.827. The number of ether oxygens (including phenoxy) is 2. The Hall–Kier alpha value is -1.06. The fourth-order valence-electron chi connectivity index (χ4n) is 2.98. The summed E-state index contributed by atoms with van der Waals surface area (Å²) < 4.78 is 11.6. The van der Waals surface area contributed by atoms with Crippen LogP contribution in [0.5, 0.6) is 5.75 Å². The lowest BCUT2D eigenvalue weighted by atomic mass is 9.74. The highest BCUT2D eigenvalue weighted by molar-refractivity contribution is 5.30. The molecule has 3 heteroatoms. The molecule has 1 aromatic rings. The van der Waals surface area contributed by atoms with Crippen LogP contribution in [0.1, 0.15) is 50.1 Å². The maximum Gasteiger partial charge on any atom is 0.119 e. The maximum atomic E-state index is 5.80. The van der Waals surface area contributed by atoms with Crippen LogP contribution in [-0.4, -0.2) is 25.9 Å². The average Bonchev–Trinajstić information content (AvgIpc) is 3.24. The largest absolute Gasteiger partial charge is 0.490 e. The van der Waals surface area contributed by atoms with Gasteiger partial charge in [-0.15, -0.1) is 0 Å². The molecule has 0 radical (unpaired) electrons. The third kappa shape index (κ3) is 2.99. The summed E-state index contributed by atoms with van der Waals surface area (Å²) in [5, 5.41) is 3.43. The molecule has 3 nitrogen and oxygen atoms in total. The number of nitrogens with one attached hydrogen (secondary N) is 1. The van der Waals surface area contributed by atoms with Crippen molar-refractivity contribution in [3.63, 3.8) is 0 Å². The Morgan fingerprint density at radius 2 is 1.95 bits per heavy atom.